The Morgan fingerprint density at radius 3 is 2.74 bits per heavy atom. The van der Waals surface area contributed by atoms with Gasteiger partial charge >= 0.3 is 0 Å². The van der Waals surface area contributed by atoms with E-state index < -0.39 is 0 Å². The lowest BCUT2D eigenvalue weighted by Crippen LogP contribution is -2.31. The number of hydrogen-bond acceptors (Lipinski definition) is 6. The van der Waals surface area contributed by atoms with E-state index in [1.165, 1.54) is 30.6 Å². The molecule has 1 amide bonds. The summed E-state index contributed by atoms with van der Waals surface area (Å²) >= 11 is 1.41. The third-order valence-electron chi connectivity index (χ3n) is 3.89. The second-order valence-corrected chi connectivity index (χ2v) is 6.91. The van der Waals surface area contributed by atoms with E-state index in [0.29, 0.717) is 17.2 Å². The maximum absolute atomic E-state index is 12.2. The topological polar surface area (TPSA) is 71.0 Å². The second-order valence-electron chi connectivity index (χ2n) is 5.71. The summed E-state index contributed by atoms with van der Waals surface area (Å²) in [7, 11) is 0. The van der Waals surface area contributed by atoms with Gasteiger partial charge in [-0.05, 0) is 39.2 Å². The molecule has 0 atom stereocenters. The number of amides is 1. The van der Waals surface area contributed by atoms with Crippen LogP contribution in [0.2, 0.25) is 0 Å². The van der Waals surface area contributed by atoms with Crippen LogP contribution < -0.4 is 10.2 Å². The average molecular weight is 331 g/mol. The van der Waals surface area contributed by atoms with Crippen LogP contribution in [0.4, 0.5) is 5.82 Å². The Morgan fingerprint density at radius 1 is 1.26 bits per heavy atom. The number of carbonyl (C=O) groups excluding carboxylic acids is 1. The first-order chi connectivity index (χ1) is 11.1. The Bertz CT molecular complexity index is 694. The first-order valence-electron chi connectivity index (χ1n) is 7.92. The highest BCUT2D eigenvalue weighted by atomic mass is 32.1. The van der Waals surface area contributed by atoms with Crippen molar-refractivity contribution in [2.45, 2.75) is 39.7 Å². The molecule has 23 heavy (non-hydrogen) atoms. The number of anilines is 1. The molecule has 1 N–H and O–H groups in total. The Labute approximate surface area is 140 Å². The average Bonchev–Trinajstić information content (AvgIpc) is 2.92. The number of thiazole rings is 1. The molecular formula is C16H21N5OS. The molecule has 3 heterocycles. The van der Waals surface area contributed by atoms with Gasteiger partial charge in [0.15, 0.2) is 0 Å². The molecule has 1 aliphatic heterocycles. The van der Waals surface area contributed by atoms with Crippen LogP contribution in [0.15, 0.2) is 12.3 Å². The largest absolute Gasteiger partial charge is 0.357 e. The monoisotopic (exact) mass is 331 g/mol. The lowest BCUT2D eigenvalue weighted by atomic mass is 10.1. The van der Waals surface area contributed by atoms with E-state index in [4.69, 9.17) is 0 Å². The highest BCUT2D eigenvalue weighted by Gasteiger charge is 2.15. The summed E-state index contributed by atoms with van der Waals surface area (Å²) in [5.74, 6) is 1.48. The fraction of sp³-hybridized carbons (Fsp3) is 0.500. The molecular weight excluding hydrogens is 310 g/mol. The SMILES string of the molecule is Cc1nc(C)c(C(=O)NCc2nccc(N3CCCCC3)n2)s1. The predicted molar refractivity (Wildman–Crippen MR) is 90.9 cm³/mol. The summed E-state index contributed by atoms with van der Waals surface area (Å²) in [5.41, 5.74) is 0.771. The molecule has 2 aromatic heterocycles. The molecule has 0 saturated carbocycles. The molecule has 0 radical (unpaired) electrons. The van der Waals surface area contributed by atoms with Gasteiger partial charge in [-0.25, -0.2) is 15.0 Å². The number of aryl methyl sites for hydroxylation is 2. The molecule has 0 aromatic carbocycles. The minimum Gasteiger partial charge on any atom is -0.357 e. The van der Waals surface area contributed by atoms with Gasteiger partial charge in [0, 0.05) is 19.3 Å². The van der Waals surface area contributed by atoms with E-state index in [0.717, 1.165) is 29.6 Å². The molecule has 0 bridgehead atoms. The molecule has 1 fully saturated rings. The fourth-order valence-corrected chi connectivity index (χ4v) is 3.59. The third-order valence-corrected chi connectivity index (χ3v) is 4.96. The van der Waals surface area contributed by atoms with Gasteiger partial charge in [-0.3, -0.25) is 4.79 Å². The minimum absolute atomic E-state index is 0.111. The van der Waals surface area contributed by atoms with Gasteiger partial charge in [0.05, 0.1) is 17.2 Å². The molecule has 122 valence electrons. The summed E-state index contributed by atoms with van der Waals surface area (Å²) in [6.45, 7) is 6.17. The zero-order chi connectivity index (χ0) is 16.2. The van der Waals surface area contributed by atoms with E-state index in [1.54, 1.807) is 6.20 Å². The van der Waals surface area contributed by atoms with Crippen molar-refractivity contribution in [3.05, 3.63) is 33.7 Å². The van der Waals surface area contributed by atoms with Gasteiger partial charge in [0.2, 0.25) is 0 Å². The van der Waals surface area contributed by atoms with E-state index in [-0.39, 0.29) is 5.91 Å². The minimum atomic E-state index is -0.111. The lowest BCUT2D eigenvalue weighted by molar-refractivity contribution is 0.0953. The van der Waals surface area contributed by atoms with Gasteiger partial charge in [-0.1, -0.05) is 0 Å². The Morgan fingerprint density at radius 2 is 2.04 bits per heavy atom. The van der Waals surface area contributed by atoms with E-state index >= 15 is 0 Å². The number of nitrogens with one attached hydrogen (secondary N) is 1. The molecule has 0 unspecified atom stereocenters. The molecule has 6 nitrogen and oxygen atoms in total. The van der Waals surface area contributed by atoms with E-state index in [1.807, 2.05) is 19.9 Å². The summed E-state index contributed by atoms with van der Waals surface area (Å²) in [4.78, 5) is 28.3. The molecule has 0 aliphatic carbocycles. The molecule has 7 heteroatoms. The Hall–Kier alpha value is -2.02. The maximum atomic E-state index is 12.2. The molecule has 1 aliphatic rings. The summed E-state index contributed by atoms with van der Waals surface area (Å²) in [6, 6.07) is 1.94. The van der Waals surface area contributed by atoms with Gasteiger partial charge in [-0.2, -0.15) is 0 Å². The highest BCUT2D eigenvalue weighted by Crippen LogP contribution is 2.18. The van der Waals surface area contributed by atoms with E-state index in [2.05, 4.69) is 25.2 Å². The van der Waals surface area contributed by atoms with Crippen molar-refractivity contribution in [1.29, 1.82) is 0 Å². The Balaban J connectivity index is 1.64. The van der Waals surface area contributed by atoms with E-state index in [9.17, 15) is 4.79 Å². The first kappa shape index (κ1) is 15.9. The smallest absolute Gasteiger partial charge is 0.263 e. The summed E-state index contributed by atoms with van der Waals surface area (Å²) in [5, 5.41) is 3.79. The quantitative estimate of drug-likeness (QED) is 0.932. The molecule has 3 rings (SSSR count). The van der Waals surface area contributed by atoms with Crippen molar-refractivity contribution in [2.75, 3.05) is 18.0 Å². The highest BCUT2D eigenvalue weighted by molar-refractivity contribution is 7.13. The van der Waals surface area contributed by atoms with Crippen LogP contribution in [0.3, 0.4) is 0 Å². The van der Waals surface area contributed by atoms with Crippen LogP contribution in [-0.2, 0) is 6.54 Å². The summed E-state index contributed by atoms with van der Waals surface area (Å²) < 4.78 is 0. The standard InChI is InChI=1S/C16H21N5OS/c1-11-15(23-12(2)19-11)16(22)18-10-13-17-7-6-14(20-13)21-8-4-3-5-9-21/h6-7H,3-5,8-10H2,1-2H3,(H,18,22). The molecule has 2 aromatic rings. The zero-order valence-electron chi connectivity index (χ0n) is 13.5. The van der Waals surface area contributed by atoms with Crippen molar-refractivity contribution in [3.8, 4) is 0 Å². The number of rotatable bonds is 4. The van der Waals surface area contributed by atoms with Crippen LogP contribution in [0.25, 0.3) is 0 Å². The zero-order valence-corrected chi connectivity index (χ0v) is 14.3. The second kappa shape index (κ2) is 7.04. The number of piperidine rings is 1. The van der Waals surface area contributed by atoms with Crippen molar-refractivity contribution in [2.24, 2.45) is 0 Å². The van der Waals surface area contributed by atoms with Crippen LogP contribution in [0, 0.1) is 13.8 Å². The number of nitrogens with zero attached hydrogens (tertiary/aromatic N) is 4. The molecule has 1 saturated heterocycles. The predicted octanol–water partition coefficient (Wildman–Crippen LogP) is 2.47. The normalized spacial score (nSPS) is 14.8. The first-order valence-corrected chi connectivity index (χ1v) is 8.74. The Kier molecular flexibility index (Phi) is 4.85. The fourth-order valence-electron chi connectivity index (χ4n) is 2.75. The van der Waals surface area contributed by atoms with Gasteiger partial charge in [0.25, 0.3) is 5.91 Å². The van der Waals surface area contributed by atoms with Crippen molar-refractivity contribution in [3.63, 3.8) is 0 Å². The third kappa shape index (κ3) is 3.85. The summed E-state index contributed by atoms with van der Waals surface area (Å²) in [6.07, 6.45) is 5.47. The van der Waals surface area contributed by atoms with Crippen LogP contribution >= 0.6 is 11.3 Å². The number of hydrogen-bond donors (Lipinski definition) is 1. The number of carbonyl (C=O) groups is 1. The lowest BCUT2D eigenvalue weighted by Gasteiger charge is -2.27. The maximum Gasteiger partial charge on any atom is 0.263 e. The molecule has 0 spiro atoms. The van der Waals surface area contributed by atoms with Crippen molar-refractivity contribution in [1.82, 2.24) is 20.3 Å². The van der Waals surface area contributed by atoms with Gasteiger partial charge in [0.1, 0.15) is 16.5 Å². The number of aromatic nitrogens is 3. The van der Waals surface area contributed by atoms with Crippen molar-refractivity contribution < 1.29 is 4.79 Å². The van der Waals surface area contributed by atoms with Crippen LogP contribution in [0.1, 0.15) is 45.5 Å². The van der Waals surface area contributed by atoms with Crippen molar-refractivity contribution >= 4 is 23.1 Å². The van der Waals surface area contributed by atoms with Gasteiger partial charge < -0.3 is 10.2 Å². The van der Waals surface area contributed by atoms with Crippen LogP contribution in [-0.4, -0.2) is 33.9 Å². The van der Waals surface area contributed by atoms with Gasteiger partial charge in [-0.15, -0.1) is 11.3 Å². The van der Waals surface area contributed by atoms with Crippen LogP contribution in [0.5, 0.6) is 0 Å².